The Morgan fingerprint density at radius 1 is 1.14 bits per heavy atom. The van der Waals surface area contributed by atoms with Crippen LogP contribution in [0.5, 0.6) is 0 Å². The van der Waals surface area contributed by atoms with E-state index in [1.165, 1.54) is 36.8 Å². The van der Waals surface area contributed by atoms with Crippen LogP contribution in [0.4, 0.5) is 0 Å². The maximum atomic E-state index is 10.3. The molecule has 2 fully saturated rings. The first-order valence-electron chi connectivity index (χ1n) is 8.32. The molecule has 0 saturated heterocycles. The van der Waals surface area contributed by atoms with Crippen molar-refractivity contribution >= 4 is 0 Å². The van der Waals surface area contributed by atoms with E-state index in [-0.39, 0.29) is 12.0 Å². The summed E-state index contributed by atoms with van der Waals surface area (Å²) in [5.41, 5.74) is 2.51. The molecule has 0 radical (unpaired) electrons. The molecule has 0 aliphatic heterocycles. The van der Waals surface area contributed by atoms with E-state index in [1.807, 2.05) is 12.1 Å². The summed E-state index contributed by atoms with van der Waals surface area (Å²) in [5.74, 6) is 0.949. The van der Waals surface area contributed by atoms with E-state index in [9.17, 15) is 10.2 Å². The van der Waals surface area contributed by atoms with Crippen LogP contribution >= 0.6 is 0 Å². The van der Waals surface area contributed by atoms with Crippen LogP contribution in [0.2, 0.25) is 0 Å². The van der Waals surface area contributed by atoms with E-state index in [2.05, 4.69) is 24.4 Å². The third-order valence-electron chi connectivity index (χ3n) is 5.40. The minimum atomic E-state index is -0.656. The Bertz CT molecular complexity index is 470. The molecule has 3 heteroatoms. The van der Waals surface area contributed by atoms with Crippen LogP contribution in [0.3, 0.4) is 0 Å². The molecule has 0 bridgehead atoms. The monoisotopic (exact) mass is 289 g/mol. The number of aliphatic hydroxyl groups excluding tert-OH is 2. The Morgan fingerprint density at radius 2 is 1.86 bits per heavy atom. The standard InChI is InChI=1S/C18H27NO2/c1-12-6-2-5-9-14(12)15-10-16(20)18(21)17(15)19-11-13-7-3-4-8-13/h2,5-6,9,13,15-21H,3-4,7-8,10-11H2,1H3. The predicted molar refractivity (Wildman–Crippen MR) is 84.3 cm³/mol. The normalized spacial score (nSPS) is 33.7. The largest absolute Gasteiger partial charge is 0.390 e. The molecule has 4 atom stereocenters. The van der Waals surface area contributed by atoms with Crippen molar-refractivity contribution in [3.05, 3.63) is 35.4 Å². The summed E-state index contributed by atoms with van der Waals surface area (Å²) < 4.78 is 0. The first-order chi connectivity index (χ1) is 10.2. The van der Waals surface area contributed by atoms with Gasteiger partial charge >= 0.3 is 0 Å². The molecule has 0 heterocycles. The Kier molecular flexibility index (Phi) is 4.63. The Morgan fingerprint density at radius 3 is 2.57 bits per heavy atom. The number of rotatable bonds is 4. The molecule has 0 spiro atoms. The molecule has 2 saturated carbocycles. The van der Waals surface area contributed by atoms with Crippen LogP contribution in [0.25, 0.3) is 0 Å². The SMILES string of the molecule is Cc1ccccc1C1CC(O)C(O)C1NCC1CCCC1. The number of aliphatic hydroxyl groups is 2. The highest BCUT2D eigenvalue weighted by Crippen LogP contribution is 2.37. The van der Waals surface area contributed by atoms with Crippen molar-refractivity contribution in [2.75, 3.05) is 6.54 Å². The lowest BCUT2D eigenvalue weighted by molar-refractivity contribution is 0.0294. The average Bonchev–Trinajstić information content (AvgIpc) is 3.08. The highest BCUT2D eigenvalue weighted by molar-refractivity contribution is 5.32. The molecule has 2 aliphatic carbocycles. The minimum Gasteiger partial charge on any atom is -0.390 e. The molecule has 3 nitrogen and oxygen atoms in total. The lowest BCUT2D eigenvalue weighted by Gasteiger charge is -2.26. The summed E-state index contributed by atoms with van der Waals surface area (Å²) in [6.45, 7) is 3.08. The van der Waals surface area contributed by atoms with Gasteiger partial charge in [-0.25, -0.2) is 0 Å². The summed E-state index contributed by atoms with van der Waals surface area (Å²) >= 11 is 0. The van der Waals surface area contributed by atoms with Gasteiger partial charge in [0.2, 0.25) is 0 Å². The van der Waals surface area contributed by atoms with Crippen molar-refractivity contribution in [2.45, 2.75) is 63.2 Å². The van der Waals surface area contributed by atoms with Crippen LogP contribution in [0, 0.1) is 12.8 Å². The molecule has 1 aromatic rings. The average molecular weight is 289 g/mol. The van der Waals surface area contributed by atoms with Gasteiger partial charge in [0, 0.05) is 12.0 Å². The first kappa shape index (κ1) is 15.0. The fourth-order valence-corrected chi connectivity index (χ4v) is 4.13. The van der Waals surface area contributed by atoms with E-state index in [0.29, 0.717) is 6.42 Å². The molecule has 21 heavy (non-hydrogen) atoms. The van der Waals surface area contributed by atoms with E-state index in [0.717, 1.165) is 12.5 Å². The zero-order valence-corrected chi connectivity index (χ0v) is 12.8. The molecule has 1 aromatic carbocycles. The highest BCUT2D eigenvalue weighted by Gasteiger charge is 2.42. The lowest BCUT2D eigenvalue weighted by atomic mass is 9.90. The molecule has 2 aliphatic rings. The lowest BCUT2D eigenvalue weighted by Crippen LogP contribution is -2.44. The van der Waals surface area contributed by atoms with Gasteiger partial charge in [0.05, 0.1) is 12.2 Å². The Labute approximate surface area is 127 Å². The molecular formula is C18H27NO2. The van der Waals surface area contributed by atoms with Crippen LogP contribution in [0.15, 0.2) is 24.3 Å². The third kappa shape index (κ3) is 3.15. The second-order valence-electron chi connectivity index (χ2n) is 6.84. The smallest absolute Gasteiger partial charge is 0.0957 e. The van der Waals surface area contributed by atoms with Crippen molar-refractivity contribution in [1.29, 1.82) is 0 Å². The van der Waals surface area contributed by atoms with Crippen molar-refractivity contribution < 1.29 is 10.2 Å². The third-order valence-corrected chi connectivity index (χ3v) is 5.40. The number of hydrogen-bond donors (Lipinski definition) is 3. The van der Waals surface area contributed by atoms with Crippen molar-refractivity contribution in [1.82, 2.24) is 5.32 Å². The van der Waals surface area contributed by atoms with Gasteiger partial charge < -0.3 is 15.5 Å². The van der Waals surface area contributed by atoms with Crippen molar-refractivity contribution in [2.24, 2.45) is 5.92 Å². The van der Waals surface area contributed by atoms with Gasteiger partial charge in [-0.3, -0.25) is 0 Å². The molecule has 3 N–H and O–H groups in total. The Hall–Kier alpha value is -0.900. The zero-order chi connectivity index (χ0) is 14.8. The second kappa shape index (κ2) is 6.47. The summed E-state index contributed by atoms with van der Waals surface area (Å²) in [7, 11) is 0. The molecule has 4 unspecified atom stereocenters. The topological polar surface area (TPSA) is 52.5 Å². The summed E-state index contributed by atoms with van der Waals surface area (Å²) in [4.78, 5) is 0. The quantitative estimate of drug-likeness (QED) is 0.797. The Balaban J connectivity index is 1.73. The zero-order valence-electron chi connectivity index (χ0n) is 12.8. The molecule has 3 rings (SSSR count). The van der Waals surface area contributed by atoms with Gasteiger partial charge in [-0.2, -0.15) is 0 Å². The van der Waals surface area contributed by atoms with Gasteiger partial charge in [0.1, 0.15) is 0 Å². The molecule has 0 aromatic heterocycles. The van der Waals surface area contributed by atoms with Gasteiger partial charge in [0.15, 0.2) is 0 Å². The number of hydrogen-bond acceptors (Lipinski definition) is 3. The van der Waals surface area contributed by atoms with Gasteiger partial charge in [-0.05, 0) is 49.8 Å². The van der Waals surface area contributed by atoms with Crippen LogP contribution in [-0.2, 0) is 0 Å². The highest BCUT2D eigenvalue weighted by atomic mass is 16.3. The van der Waals surface area contributed by atoms with Crippen LogP contribution < -0.4 is 5.32 Å². The number of nitrogens with one attached hydrogen (secondary N) is 1. The van der Waals surface area contributed by atoms with Gasteiger partial charge in [-0.15, -0.1) is 0 Å². The van der Waals surface area contributed by atoms with Crippen molar-refractivity contribution in [3.63, 3.8) is 0 Å². The minimum absolute atomic E-state index is 0.0262. The fraction of sp³-hybridized carbons (Fsp3) is 0.667. The fourth-order valence-electron chi connectivity index (χ4n) is 4.13. The number of aryl methyl sites for hydroxylation is 1. The van der Waals surface area contributed by atoms with E-state index >= 15 is 0 Å². The van der Waals surface area contributed by atoms with Gasteiger partial charge in [-0.1, -0.05) is 37.1 Å². The summed E-state index contributed by atoms with van der Waals surface area (Å²) in [5, 5.41) is 24.0. The summed E-state index contributed by atoms with van der Waals surface area (Å²) in [6, 6.07) is 8.31. The van der Waals surface area contributed by atoms with E-state index in [1.54, 1.807) is 0 Å². The molecule has 0 amide bonds. The first-order valence-corrected chi connectivity index (χ1v) is 8.32. The number of benzene rings is 1. The maximum absolute atomic E-state index is 10.3. The van der Waals surface area contributed by atoms with E-state index < -0.39 is 12.2 Å². The van der Waals surface area contributed by atoms with Crippen LogP contribution in [0.1, 0.15) is 49.1 Å². The van der Waals surface area contributed by atoms with Crippen molar-refractivity contribution in [3.8, 4) is 0 Å². The van der Waals surface area contributed by atoms with Gasteiger partial charge in [0.25, 0.3) is 0 Å². The predicted octanol–water partition coefficient (Wildman–Crippen LogP) is 2.35. The summed E-state index contributed by atoms with van der Waals surface area (Å²) in [6.07, 6.45) is 4.65. The van der Waals surface area contributed by atoms with Crippen LogP contribution in [-0.4, -0.2) is 35.0 Å². The maximum Gasteiger partial charge on any atom is 0.0957 e. The molecular weight excluding hydrogens is 262 g/mol. The van der Waals surface area contributed by atoms with E-state index in [4.69, 9.17) is 0 Å². The second-order valence-corrected chi connectivity index (χ2v) is 6.84. The molecule has 116 valence electrons.